The quantitative estimate of drug-likeness (QED) is 0.692. The van der Waals surface area contributed by atoms with Crippen LogP contribution in [0.25, 0.3) is 0 Å². The van der Waals surface area contributed by atoms with Gasteiger partial charge >= 0.3 is 0 Å². The van der Waals surface area contributed by atoms with Gasteiger partial charge in [-0.1, -0.05) is 0 Å². The maximum Gasteiger partial charge on any atom is 0.279 e. The molecule has 4 nitrogen and oxygen atoms in total. The number of rotatable bonds is 2. The van der Waals surface area contributed by atoms with Gasteiger partial charge in [0.15, 0.2) is 0 Å². The van der Waals surface area contributed by atoms with E-state index in [2.05, 4.69) is 4.72 Å². The Kier molecular flexibility index (Phi) is 3.39. The van der Waals surface area contributed by atoms with Crippen LogP contribution in [0, 0.1) is 0 Å². The fourth-order valence-electron chi connectivity index (χ4n) is 1.19. The molecule has 1 fully saturated rings. The van der Waals surface area contributed by atoms with Gasteiger partial charge in [0.05, 0.1) is 0 Å². The van der Waals surface area contributed by atoms with Crippen molar-refractivity contribution in [3.63, 3.8) is 0 Å². The van der Waals surface area contributed by atoms with Crippen molar-refractivity contribution in [3.05, 3.63) is 0 Å². The molecule has 1 heterocycles. The summed E-state index contributed by atoms with van der Waals surface area (Å²) < 4.78 is 26.6. The van der Waals surface area contributed by atoms with Crippen molar-refractivity contribution in [2.45, 2.75) is 13.0 Å². The minimum atomic E-state index is -3.20. The first kappa shape index (κ1) is 10.3. The van der Waals surface area contributed by atoms with E-state index in [-0.39, 0.29) is 6.04 Å². The van der Waals surface area contributed by atoms with Gasteiger partial charge in [0.2, 0.25) is 0 Å². The van der Waals surface area contributed by atoms with Crippen LogP contribution in [0.4, 0.5) is 0 Å². The van der Waals surface area contributed by atoms with Gasteiger partial charge < -0.3 is 0 Å². The summed E-state index contributed by atoms with van der Waals surface area (Å²) >= 11 is 1.80. The third-order valence-electron chi connectivity index (χ3n) is 1.87. The summed E-state index contributed by atoms with van der Waals surface area (Å²) in [6, 6.07) is 0.112. The molecule has 1 atom stereocenters. The van der Waals surface area contributed by atoms with Crippen LogP contribution in [-0.2, 0) is 10.2 Å². The highest BCUT2D eigenvalue weighted by atomic mass is 32.2. The molecule has 0 saturated carbocycles. The average molecular weight is 210 g/mol. The standard InChI is InChI=1S/C6H14N2O2S2/c1-6-5-11-4-3-8(6)12(9,10)7-2/h6-7H,3-5H2,1-2H3. The zero-order valence-electron chi connectivity index (χ0n) is 7.28. The number of hydrogen-bond acceptors (Lipinski definition) is 3. The van der Waals surface area contributed by atoms with Gasteiger partial charge in [-0.3, -0.25) is 0 Å². The Hall–Kier alpha value is 0.220. The molecule has 1 N–H and O–H groups in total. The van der Waals surface area contributed by atoms with Gasteiger partial charge in [0, 0.05) is 31.1 Å². The molecule has 0 aromatic heterocycles. The molecule has 1 saturated heterocycles. The van der Waals surface area contributed by atoms with E-state index in [0.717, 1.165) is 11.5 Å². The second-order valence-electron chi connectivity index (χ2n) is 2.74. The molecule has 1 aliphatic heterocycles. The molecule has 0 amide bonds. The van der Waals surface area contributed by atoms with Gasteiger partial charge in [0.1, 0.15) is 0 Å². The number of hydrogen-bond donors (Lipinski definition) is 1. The van der Waals surface area contributed by atoms with Crippen LogP contribution in [0.15, 0.2) is 0 Å². The third-order valence-corrected chi connectivity index (χ3v) is 4.74. The summed E-state index contributed by atoms with van der Waals surface area (Å²) in [7, 11) is -1.75. The van der Waals surface area contributed by atoms with Crippen LogP contribution in [0.2, 0.25) is 0 Å². The van der Waals surface area contributed by atoms with Crippen LogP contribution < -0.4 is 4.72 Å². The molecule has 0 spiro atoms. The van der Waals surface area contributed by atoms with Crippen LogP contribution in [0.3, 0.4) is 0 Å². The predicted molar refractivity (Wildman–Crippen MR) is 51.5 cm³/mol. The maximum atomic E-state index is 11.4. The van der Waals surface area contributed by atoms with Crippen molar-refractivity contribution < 1.29 is 8.42 Å². The van der Waals surface area contributed by atoms with E-state index in [9.17, 15) is 8.42 Å². The van der Waals surface area contributed by atoms with Gasteiger partial charge in [-0.05, 0) is 6.92 Å². The van der Waals surface area contributed by atoms with E-state index >= 15 is 0 Å². The van der Waals surface area contributed by atoms with E-state index in [4.69, 9.17) is 0 Å². The minimum Gasteiger partial charge on any atom is -0.205 e. The molecule has 0 aliphatic carbocycles. The summed E-state index contributed by atoms with van der Waals surface area (Å²) in [5.74, 6) is 1.78. The molecule has 12 heavy (non-hydrogen) atoms. The molecule has 0 aromatic rings. The van der Waals surface area contributed by atoms with E-state index in [1.165, 1.54) is 11.4 Å². The zero-order chi connectivity index (χ0) is 9.19. The molecule has 72 valence electrons. The summed E-state index contributed by atoms with van der Waals surface area (Å²) in [6.07, 6.45) is 0. The second kappa shape index (κ2) is 3.95. The van der Waals surface area contributed by atoms with E-state index < -0.39 is 10.2 Å². The first-order valence-corrected chi connectivity index (χ1v) is 6.45. The Labute approximate surface area is 77.9 Å². The highest BCUT2D eigenvalue weighted by molar-refractivity contribution is 7.99. The lowest BCUT2D eigenvalue weighted by molar-refractivity contribution is 0.363. The normalized spacial score (nSPS) is 27.3. The van der Waals surface area contributed by atoms with Gasteiger partial charge in [-0.2, -0.15) is 24.5 Å². The minimum absolute atomic E-state index is 0.112. The molecular formula is C6H14N2O2S2. The summed E-state index contributed by atoms with van der Waals surface area (Å²) in [5.41, 5.74) is 0. The van der Waals surface area contributed by atoms with Crippen molar-refractivity contribution in [2.24, 2.45) is 0 Å². The smallest absolute Gasteiger partial charge is 0.205 e. The molecular weight excluding hydrogens is 196 g/mol. The molecule has 1 rings (SSSR count). The first-order chi connectivity index (χ1) is 5.58. The Morgan fingerprint density at radius 3 is 2.75 bits per heavy atom. The van der Waals surface area contributed by atoms with Gasteiger partial charge in [0.25, 0.3) is 10.2 Å². The van der Waals surface area contributed by atoms with Crippen LogP contribution >= 0.6 is 11.8 Å². The molecule has 1 unspecified atom stereocenters. The Balaban J connectivity index is 2.72. The average Bonchev–Trinajstić information content (AvgIpc) is 2.05. The van der Waals surface area contributed by atoms with Gasteiger partial charge in [-0.15, -0.1) is 0 Å². The molecule has 0 radical (unpaired) electrons. The molecule has 0 aromatic carbocycles. The molecule has 0 bridgehead atoms. The van der Waals surface area contributed by atoms with E-state index in [1.807, 2.05) is 6.92 Å². The van der Waals surface area contributed by atoms with Crippen molar-refractivity contribution in [2.75, 3.05) is 25.1 Å². The number of nitrogens with one attached hydrogen (secondary N) is 1. The fourth-order valence-corrected chi connectivity index (χ4v) is 3.52. The Morgan fingerprint density at radius 2 is 2.25 bits per heavy atom. The lowest BCUT2D eigenvalue weighted by Crippen LogP contribution is -2.48. The van der Waals surface area contributed by atoms with E-state index in [1.54, 1.807) is 11.8 Å². The van der Waals surface area contributed by atoms with E-state index in [0.29, 0.717) is 6.54 Å². The first-order valence-electron chi connectivity index (χ1n) is 3.86. The highest BCUT2D eigenvalue weighted by Gasteiger charge is 2.28. The van der Waals surface area contributed by atoms with Crippen molar-refractivity contribution in [1.82, 2.24) is 9.03 Å². The fraction of sp³-hybridized carbons (Fsp3) is 1.00. The Bertz CT molecular complexity index is 240. The summed E-state index contributed by atoms with van der Waals surface area (Å²) in [6.45, 7) is 2.55. The third kappa shape index (κ3) is 2.12. The number of nitrogens with zero attached hydrogens (tertiary/aromatic N) is 1. The second-order valence-corrected chi connectivity index (χ2v) is 5.72. The maximum absolute atomic E-state index is 11.4. The SMILES string of the molecule is CNS(=O)(=O)N1CCSCC1C. The van der Waals surface area contributed by atoms with Crippen LogP contribution in [0.1, 0.15) is 6.92 Å². The topological polar surface area (TPSA) is 49.4 Å². The lowest BCUT2D eigenvalue weighted by atomic mass is 10.4. The van der Waals surface area contributed by atoms with Crippen molar-refractivity contribution >= 4 is 22.0 Å². The molecule has 1 aliphatic rings. The van der Waals surface area contributed by atoms with Crippen molar-refractivity contribution in [3.8, 4) is 0 Å². The zero-order valence-corrected chi connectivity index (χ0v) is 8.91. The Morgan fingerprint density at radius 1 is 1.58 bits per heavy atom. The van der Waals surface area contributed by atoms with Crippen molar-refractivity contribution in [1.29, 1.82) is 0 Å². The molecule has 6 heteroatoms. The van der Waals surface area contributed by atoms with Crippen LogP contribution in [-0.4, -0.2) is 43.9 Å². The summed E-state index contributed by atoms with van der Waals surface area (Å²) in [4.78, 5) is 0. The summed E-state index contributed by atoms with van der Waals surface area (Å²) in [5, 5.41) is 0. The number of thioether (sulfide) groups is 1. The largest absolute Gasteiger partial charge is 0.279 e. The monoisotopic (exact) mass is 210 g/mol. The van der Waals surface area contributed by atoms with Gasteiger partial charge in [-0.25, -0.2) is 4.72 Å². The van der Waals surface area contributed by atoms with Crippen LogP contribution in [0.5, 0.6) is 0 Å². The predicted octanol–water partition coefficient (Wildman–Crippen LogP) is -0.112. The highest BCUT2D eigenvalue weighted by Crippen LogP contribution is 2.17. The lowest BCUT2D eigenvalue weighted by Gasteiger charge is -2.31.